The molecule has 0 bridgehead atoms. The van der Waals surface area contributed by atoms with E-state index in [-0.39, 0.29) is 0 Å². The number of benzene rings is 2. The lowest BCUT2D eigenvalue weighted by molar-refractivity contribution is 0.205. The average Bonchev–Trinajstić information content (AvgIpc) is 3.29. The highest BCUT2D eigenvalue weighted by Gasteiger charge is 2.23. The Bertz CT molecular complexity index is 817. The molecule has 0 N–H and O–H groups in total. The summed E-state index contributed by atoms with van der Waals surface area (Å²) in [4.78, 5) is 4.68. The molecular weight excluding hydrogens is 384 g/mol. The second-order valence-electron chi connectivity index (χ2n) is 9.88. The highest BCUT2D eigenvalue weighted by Crippen LogP contribution is 2.31. The summed E-state index contributed by atoms with van der Waals surface area (Å²) < 4.78 is 12.8. The molecular formula is C27H38N2O2. The number of aryl methyl sites for hydroxylation is 4. The average molecular weight is 423 g/mol. The van der Waals surface area contributed by atoms with E-state index in [1.807, 2.05) is 0 Å². The second kappa shape index (κ2) is 9.22. The third-order valence-corrected chi connectivity index (χ3v) is 6.71. The molecule has 2 saturated heterocycles. The normalized spacial score (nSPS) is 22.3. The number of likely N-dealkylation sites (tertiary alicyclic amines) is 2. The van der Waals surface area contributed by atoms with E-state index >= 15 is 0 Å². The smallest absolute Gasteiger partial charge is 0.125 e. The van der Waals surface area contributed by atoms with Gasteiger partial charge in [-0.2, -0.15) is 0 Å². The summed E-state index contributed by atoms with van der Waals surface area (Å²) >= 11 is 0. The van der Waals surface area contributed by atoms with Crippen molar-refractivity contribution >= 4 is 0 Å². The van der Waals surface area contributed by atoms with Crippen LogP contribution in [-0.4, -0.2) is 62.3 Å². The zero-order valence-electron chi connectivity index (χ0n) is 20.1. The number of ether oxygens (including phenoxy) is 2. The summed E-state index contributed by atoms with van der Waals surface area (Å²) in [6.45, 7) is 13.0. The molecule has 2 aromatic rings. The molecule has 168 valence electrons. The molecule has 2 aromatic carbocycles. The topological polar surface area (TPSA) is 24.9 Å². The summed E-state index contributed by atoms with van der Waals surface area (Å²) in [6.07, 6.45) is 3.78. The van der Waals surface area contributed by atoms with E-state index in [2.05, 4.69) is 75.9 Å². The Kier molecular flexibility index (Phi) is 6.59. The fourth-order valence-corrected chi connectivity index (χ4v) is 5.21. The molecule has 2 fully saturated rings. The molecule has 4 heteroatoms. The maximum Gasteiger partial charge on any atom is 0.125 e. The Balaban J connectivity index is 1.47. The second-order valence-corrected chi connectivity index (χ2v) is 9.88. The largest absolute Gasteiger partial charge is 0.488 e. The molecule has 2 aliphatic heterocycles. The van der Waals surface area contributed by atoms with Crippen molar-refractivity contribution in [3.05, 3.63) is 57.6 Å². The van der Waals surface area contributed by atoms with Crippen LogP contribution >= 0.6 is 0 Å². The van der Waals surface area contributed by atoms with Gasteiger partial charge in [0.2, 0.25) is 0 Å². The molecule has 31 heavy (non-hydrogen) atoms. The van der Waals surface area contributed by atoms with E-state index in [0.29, 0.717) is 12.2 Å². The molecule has 2 aliphatic rings. The van der Waals surface area contributed by atoms with Crippen molar-refractivity contribution in [1.29, 1.82) is 0 Å². The van der Waals surface area contributed by atoms with Gasteiger partial charge in [0.15, 0.2) is 0 Å². The van der Waals surface area contributed by atoms with Crippen molar-refractivity contribution in [1.82, 2.24) is 9.80 Å². The Morgan fingerprint density at radius 2 is 1.03 bits per heavy atom. The predicted octanol–water partition coefficient (Wildman–Crippen LogP) is 4.68. The summed E-state index contributed by atoms with van der Waals surface area (Å²) in [6, 6.07) is 9.18. The minimum absolute atomic E-state index is 0.311. The van der Waals surface area contributed by atoms with Crippen LogP contribution in [0.3, 0.4) is 0 Å². The summed E-state index contributed by atoms with van der Waals surface area (Å²) in [5, 5.41) is 0. The van der Waals surface area contributed by atoms with Crippen molar-refractivity contribution in [2.24, 2.45) is 0 Å². The Morgan fingerprint density at radius 1 is 0.677 bits per heavy atom. The van der Waals surface area contributed by atoms with Gasteiger partial charge in [-0.25, -0.2) is 0 Å². The van der Waals surface area contributed by atoms with Gasteiger partial charge in [-0.05, 0) is 94.4 Å². The van der Waals surface area contributed by atoms with E-state index in [1.54, 1.807) is 0 Å². The molecule has 0 saturated carbocycles. The maximum absolute atomic E-state index is 6.38. The zero-order chi connectivity index (χ0) is 22.1. The van der Waals surface area contributed by atoms with E-state index in [0.717, 1.165) is 56.9 Å². The number of likely N-dealkylation sites (N-methyl/N-ethyl adjacent to an activating group) is 2. The van der Waals surface area contributed by atoms with Gasteiger partial charge < -0.3 is 19.3 Å². The molecule has 0 radical (unpaired) electrons. The quantitative estimate of drug-likeness (QED) is 0.675. The highest BCUT2D eigenvalue weighted by atomic mass is 16.5. The molecule has 2 heterocycles. The van der Waals surface area contributed by atoms with Gasteiger partial charge in [0.25, 0.3) is 0 Å². The van der Waals surface area contributed by atoms with Gasteiger partial charge in [0.05, 0.1) is 0 Å². The number of nitrogens with zero attached hydrogens (tertiary/aromatic N) is 2. The molecule has 0 aromatic heterocycles. The van der Waals surface area contributed by atoms with Crippen LogP contribution in [0.25, 0.3) is 0 Å². The maximum atomic E-state index is 6.38. The van der Waals surface area contributed by atoms with Crippen LogP contribution in [0.4, 0.5) is 0 Å². The van der Waals surface area contributed by atoms with Crippen molar-refractivity contribution in [2.45, 2.75) is 59.2 Å². The van der Waals surface area contributed by atoms with Crippen LogP contribution in [-0.2, 0) is 6.42 Å². The van der Waals surface area contributed by atoms with E-state index < -0.39 is 0 Å². The zero-order valence-corrected chi connectivity index (χ0v) is 20.1. The first-order valence-electron chi connectivity index (χ1n) is 11.7. The van der Waals surface area contributed by atoms with Crippen LogP contribution in [0.1, 0.15) is 46.2 Å². The SMILES string of the molecule is Cc1cc(Cc2cc(C)c(OC3CCN(C)C3)c(C)c2)cc(C)c1OC1CCN(C)C1. The lowest BCUT2D eigenvalue weighted by Crippen LogP contribution is -2.22. The number of hydrogen-bond donors (Lipinski definition) is 0. The van der Waals surface area contributed by atoms with Crippen molar-refractivity contribution in [3.8, 4) is 11.5 Å². The lowest BCUT2D eigenvalue weighted by Gasteiger charge is -2.20. The van der Waals surface area contributed by atoms with Crippen LogP contribution < -0.4 is 9.47 Å². The van der Waals surface area contributed by atoms with E-state index in [4.69, 9.17) is 9.47 Å². The Morgan fingerprint density at radius 3 is 1.32 bits per heavy atom. The van der Waals surface area contributed by atoms with Gasteiger partial charge in [-0.1, -0.05) is 24.3 Å². The Hall–Kier alpha value is -2.04. The van der Waals surface area contributed by atoms with Gasteiger partial charge in [-0.3, -0.25) is 0 Å². The molecule has 0 spiro atoms. The summed E-state index contributed by atoms with van der Waals surface area (Å²) in [5.41, 5.74) is 7.64. The fourth-order valence-electron chi connectivity index (χ4n) is 5.21. The van der Waals surface area contributed by atoms with Gasteiger partial charge >= 0.3 is 0 Å². The van der Waals surface area contributed by atoms with Crippen molar-refractivity contribution < 1.29 is 9.47 Å². The monoisotopic (exact) mass is 422 g/mol. The van der Waals surface area contributed by atoms with Crippen LogP contribution in [0.5, 0.6) is 11.5 Å². The van der Waals surface area contributed by atoms with Crippen molar-refractivity contribution in [2.75, 3.05) is 40.3 Å². The Labute approximate surface area is 188 Å². The summed E-state index contributed by atoms with van der Waals surface area (Å²) in [5.74, 6) is 2.14. The number of rotatable bonds is 6. The fraction of sp³-hybridized carbons (Fsp3) is 0.556. The van der Waals surface area contributed by atoms with Crippen LogP contribution in [0, 0.1) is 27.7 Å². The van der Waals surface area contributed by atoms with Gasteiger partial charge in [-0.15, -0.1) is 0 Å². The third-order valence-electron chi connectivity index (χ3n) is 6.71. The van der Waals surface area contributed by atoms with Crippen molar-refractivity contribution in [3.63, 3.8) is 0 Å². The summed E-state index contributed by atoms with van der Waals surface area (Å²) in [7, 11) is 4.33. The van der Waals surface area contributed by atoms with E-state index in [1.165, 1.54) is 33.4 Å². The first kappa shape index (κ1) is 22.2. The molecule has 0 amide bonds. The number of hydrogen-bond acceptors (Lipinski definition) is 4. The molecule has 0 aliphatic carbocycles. The highest BCUT2D eigenvalue weighted by molar-refractivity contribution is 5.48. The van der Waals surface area contributed by atoms with Gasteiger partial charge in [0, 0.05) is 26.2 Å². The van der Waals surface area contributed by atoms with Gasteiger partial charge in [0.1, 0.15) is 23.7 Å². The predicted molar refractivity (Wildman–Crippen MR) is 128 cm³/mol. The molecule has 4 rings (SSSR count). The molecule has 2 unspecified atom stereocenters. The first-order chi connectivity index (χ1) is 14.8. The minimum Gasteiger partial charge on any atom is -0.488 e. The third kappa shape index (κ3) is 5.24. The lowest BCUT2D eigenvalue weighted by atomic mass is 9.97. The van der Waals surface area contributed by atoms with Crippen LogP contribution in [0.15, 0.2) is 24.3 Å². The standard InChI is InChI=1S/C27H38N2O2/c1-18-11-22(12-19(2)26(18)30-24-7-9-28(5)16-24)15-23-13-20(3)27(21(4)14-23)31-25-8-10-29(6)17-25/h11-14,24-25H,7-10,15-17H2,1-6H3. The first-order valence-corrected chi connectivity index (χ1v) is 11.7. The molecule has 2 atom stereocenters. The molecule has 4 nitrogen and oxygen atoms in total. The van der Waals surface area contributed by atoms with Crippen LogP contribution in [0.2, 0.25) is 0 Å². The van der Waals surface area contributed by atoms with E-state index in [9.17, 15) is 0 Å². The minimum atomic E-state index is 0.311.